The third-order valence-electron chi connectivity index (χ3n) is 3.75. The molecule has 0 saturated carbocycles. The second-order valence-corrected chi connectivity index (χ2v) is 5.93. The van der Waals surface area contributed by atoms with E-state index in [1.54, 1.807) is 0 Å². The van der Waals surface area contributed by atoms with Crippen LogP contribution in [0.1, 0.15) is 29.3 Å². The molecule has 1 aromatic rings. The maximum Gasteiger partial charge on any atom is 0.254 e. The Morgan fingerprint density at radius 3 is 2.79 bits per heavy atom. The van der Waals surface area contributed by atoms with E-state index in [0.29, 0.717) is 5.92 Å². The lowest BCUT2D eigenvalue weighted by Crippen LogP contribution is -2.33. The molecule has 0 bridgehead atoms. The van der Waals surface area contributed by atoms with E-state index in [9.17, 15) is 4.79 Å². The molecule has 1 aliphatic heterocycles. The summed E-state index contributed by atoms with van der Waals surface area (Å²) in [6, 6.07) is 5.91. The van der Waals surface area contributed by atoms with E-state index in [4.69, 9.17) is 5.73 Å². The summed E-state index contributed by atoms with van der Waals surface area (Å²) in [6.07, 6.45) is 1.01. The molecule has 0 spiro atoms. The zero-order valence-electron chi connectivity index (χ0n) is 11.2. The molecule has 2 N–H and O–H groups in total. The average Bonchev–Trinajstić information content (AvgIpc) is 2.81. The number of nitrogens with two attached hydrogens (primary N) is 1. The Bertz CT molecular complexity index is 465. The van der Waals surface area contributed by atoms with Crippen LogP contribution in [0.15, 0.2) is 22.7 Å². The first-order chi connectivity index (χ1) is 8.50. The van der Waals surface area contributed by atoms with E-state index in [1.807, 2.05) is 36.9 Å². The zero-order chi connectivity index (χ0) is 13.3. The fourth-order valence-corrected chi connectivity index (χ4v) is 2.78. The van der Waals surface area contributed by atoms with Gasteiger partial charge in [-0.1, -0.05) is 22.0 Å². The van der Waals surface area contributed by atoms with Crippen molar-refractivity contribution < 1.29 is 4.79 Å². The van der Waals surface area contributed by atoms with Crippen molar-refractivity contribution in [1.29, 1.82) is 0 Å². The quantitative estimate of drug-likeness (QED) is 0.894. The van der Waals surface area contributed by atoms with Crippen molar-refractivity contribution in [2.24, 2.45) is 11.7 Å². The van der Waals surface area contributed by atoms with Crippen LogP contribution < -0.4 is 5.73 Å². The maximum absolute atomic E-state index is 12.5. The number of hydrogen-bond donors (Lipinski definition) is 1. The SMILES string of the molecule is Cc1c(Br)cccc1C(=O)N1CCC(C(C)N)C1.Cl. The van der Waals surface area contributed by atoms with E-state index in [1.165, 1.54) is 0 Å². The average molecular weight is 348 g/mol. The molecule has 1 saturated heterocycles. The zero-order valence-corrected chi connectivity index (χ0v) is 13.6. The van der Waals surface area contributed by atoms with Gasteiger partial charge in [-0.3, -0.25) is 4.79 Å². The Labute approximate surface area is 129 Å². The van der Waals surface area contributed by atoms with Gasteiger partial charge in [0, 0.05) is 29.2 Å². The van der Waals surface area contributed by atoms with Crippen molar-refractivity contribution in [3.8, 4) is 0 Å². The Morgan fingerprint density at radius 1 is 1.53 bits per heavy atom. The molecule has 19 heavy (non-hydrogen) atoms. The van der Waals surface area contributed by atoms with E-state index >= 15 is 0 Å². The highest BCUT2D eigenvalue weighted by Crippen LogP contribution is 2.24. The lowest BCUT2D eigenvalue weighted by molar-refractivity contribution is 0.0785. The fourth-order valence-electron chi connectivity index (χ4n) is 2.41. The third-order valence-corrected chi connectivity index (χ3v) is 4.61. The maximum atomic E-state index is 12.5. The molecule has 2 atom stereocenters. The predicted octanol–water partition coefficient (Wildman–Crippen LogP) is 2.99. The highest BCUT2D eigenvalue weighted by atomic mass is 79.9. The van der Waals surface area contributed by atoms with Gasteiger partial charge in [-0.15, -0.1) is 12.4 Å². The predicted molar refractivity (Wildman–Crippen MR) is 83.8 cm³/mol. The molecule has 0 radical (unpaired) electrons. The van der Waals surface area contributed by atoms with Crippen molar-refractivity contribution >= 4 is 34.2 Å². The molecule has 0 aliphatic carbocycles. The van der Waals surface area contributed by atoms with Gasteiger partial charge in [0.2, 0.25) is 0 Å². The Hall–Kier alpha value is -0.580. The highest BCUT2D eigenvalue weighted by molar-refractivity contribution is 9.10. The highest BCUT2D eigenvalue weighted by Gasteiger charge is 2.29. The number of halogens is 2. The van der Waals surface area contributed by atoms with Gasteiger partial charge in [0.25, 0.3) is 5.91 Å². The topological polar surface area (TPSA) is 46.3 Å². The number of amides is 1. The minimum absolute atomic E-state index is 0. The lowest BCUT2D eigenvalue weighted by atomic mass is 10.0. The number of nitrogens with zero attached hydrogens (tertiary/aromatic N) is 1. The van der Waals surface area contributed by atoms with Gasteiger partial charge in [0.1, 0.15) is 0 Å². The normalized spacial score (nSPS) is 20.0. The van der Waals surface area contributed by atoms with E-state index in [2.05, 4.69) is 15.9 Å². The van der Waals surface area contributed by atoms with Crippen LogP contribution >= 0.6 is 28.3 Å². The van der Waals surface area contributed by atoms with Crippen LogP contribution in [-0.4, -0.2) is 29.9 Å². The number of likely N-dealkylation sites (tertiary alicyclic amines) is 1. The van der Waals surface area contributed by atoms with Gasteiger partial charge < -0.3 is 10.6 Å². The lowest BCUT2D eigenvalue weighted by Gasteiger charge is -2.19. The van der Waals surface area contributed by atoms with Gasteiger partial charge in [-0.25, -0.2) is 0 Å². The van der Waals surface area contributed by atoms with Crippen molar-refractivity contribution in [3.05, 3.63) is 33.8 Å². The second kappa shape index (κ2) is 6.73. The van der Waals surface area contributed by atoms with E-state index in [-0.39, 0.29) is 24.4 Å². The van der Waals surface area contributed by atoms with E-state index in [0.717, 1.165) is 35.1 Å². The molecule has 1 aliphatic rings. The number of rotatable bonds is 2. The van der Waals surface area contributed by atoms with Gasteiger partial charge >= 0.3 is 0 Å². The molecule has 0 aromatic heterocycles. The summed E-state index contributed by atoms with van der Waals surface area (Å²) in [5.74, 6) is 0.554. The number of benzene rings is 1. The van der Waals surface area contributed by atoms with Crippen LogP contribution in [0.2, 0.25) is 0 Å². The molecule has 1 fully saturated rings. The number of hydrogen-bond acceptors (Lipinski definition) is 2. The van der Waals surface area contributed by atoms with Gasteiger partial charge in [0.15, 0.2) is 0 Å². The van der Waals surface area contributed by atoms with Crippen molar-refractivity contribution in [1.82, 2.24) is 4.90 Å². The first kappa shape index (κ1) is 16.5. The molecule has 5 heteroatoms. The molecular formula is C14H20BrClN2O. The van der Waals surface area contributed by atoms with Crippen LogP contribution in [0.4, 0.5) is 0 Å². The minimum Gasteiger partial charge on any atom is -0.338 e. The monoisotopic (exact) mass is 346 g/mol. The van der Waals surface area contributed by atoms with Gasteiger partial charge in [-0.2, -0.15) is 0 Å². The van der Waals surface area contributed by atoms with E-state index < -0.39 is 0 Å². The van der Waals surface area contributed by atoms with Crippen LogP contribution in [-0.2, 0) is 0 Å². The molecule has 2 unspecified atom stereocenters. The van der Waals surface area contributed by atoms with Crippen LogP contribution in [0.3, 0.4) is 0 Å². The molecule has 1 amide bonds. The molecule has 1 aromatic carbocycles. The largest absolute Gasteiger partial charge is 0.338 e. The molecule has 2 rings (SSSR count). The minimum atomic E-state index is 0. The summed E-state index contributed by atoms with van der Waals surface area (Å²) in [4.78, 5) is 14.4. The number of carbonyl (C=O) groups excluding carboxylic acids is 1. The van der Waals surface area contributed by atoms with Gasteiger partial charge in [0.05, 0.1) is 0 Å². The summed E-state index contributed by atoms with van der Waals surface area (Å²) in [7, 11) is 0. The van der Waals surface area contributed by atoms with Crippen LogP contribution in [0, 0.1) is 12.8 Å². The summed E-state index contributed by atoms with van der Waals surface area (Å²) in [6.45, 7) is 5.58. The fraction of sp³-hybridized carbons (Fsp3) is 0.500. The molecule has 1 heterocycles. The van der Waals surface area contributed by atoms with Crippen LogP contribution in [0.25, 0.3) is 0 Å². The second-order valence-electron chi connectivity index (χ2n) is 5.07. The summed E-state index contributed by atoms with van der Waals surface area (Å²) >= 11 is 3.47. The first-order valence-corrected chi connectivity index (χ1v) is 7.10. The molecule has 3 nitrogen and oxygen atoms in total. The number of carbonyl (C=O) groups is 1. The van der Waals surface area contributed by atoms with Crippen molar-refractivity contribution in [2.75, 3.05) is 13.1 Å². The van der Waals surface area contributed by atoms with Crippen molar-refractivity contribution in [2.45, 2.75) is 26.3 Å². The Morgan fingerprint density at radius 2 is 2.21 bits per heavy atom. The van der Waals surface area contributed by atoms with Gasteiger partial charge in [-0.05, 0) is 43.9 Å². The van der Waals surface area contributed by atoms with Crippen LogP contribution in [0.5, 0.6) is 0 Å². The summed E-state index contributed by atoms with van der Waals surface area (Å²) in [5, 5.41) is 0. The standard InChI is InChI=1S/C14H19BrN2O.ClH/c1-9-12(4-3-5-13(9)15)14(18)17-7-6-11(8-17)10(2)16;/h3-5,10-11H,6-8,16H2,1-2H3;1H. The molecular weight excluding hydrogens is 328 g/mol. The molecule has 106 valence electrons. The Balaban J connectivity index is 0.00000180. The summed E-state index contributed by atoms with van der Waals surface area (Å²) < 4.78 is 0.983. The Kier molecular flexibility index (Phi) is 5.83. The first-order valence-electron chi connectivity index (χ1n) is 6.30. The summed E-state index contributed by atoms with van der Waals surface area (Å²) in [5.41, 5.74) is 7.70. The smallest absolute Gasteiger partial charge is 0.254 e. The third kappa shape index (κ3) is 3.50. The van der Waals surface area contributed by atoms with Crippen molar-refractivity contribution in [3.63, 3.8) is 0 Å².